The minimum atomic E-state index is -0.493. The van der Waals surface area contributed by atoms with Crippen LogP contribution in [0.3, 0.4) is 0 Å². The second kappa shape index (κ2) is 7.11. The van der Waals surface area contributed by atoms with Crippen LogP contribution in [0.15, 0.2) is 35.9 Å². The van der Waals surface area contributed by atoms with Crippen LogP contribution in [-0.4, -0.2) is 28.7 Å². The summed E-state index contributed by atoms with van der Waals surface area (Å²) < 4.78 is 6.66. The van der Waals surface area contributed by atoms with Crippen LogP contribution in [-0.2, 0) is 4.74 Å². The van der Waals surface area contributed by atoms with E-state index in [1.54, 1.807) is 0 Å². The van der Waals surface area contributed by atoms with E-state index in [0.29, 0.717) is 6.42 Å². The van der Waals surface area contributed by atoms with Gasteiger partial charge in [-0.15, -0.1) is 13.2 Å². The van der Waals surface area contributed by atoms with Crippen LogP contribution in [0.25, 0.3) is 0 Å². The summed E-state index contributed by atoms with van der Waals surface area (Å²) in [5, 5.41) is 0. The molecule has 112 valence electrons. The van der Waals surface area contributed by atoms with Crippen molar-refractivity contribution < 1.29 is 9.53 Å². The number of hydrogen-bond donors (Lipinski definition) is 0. The van der Waals surface area contributed by atoms with E-state index in [-0.39, 0.29) is 18.2 Å². The molecule has 0 radical (unpaired) electrons. The van der Waals surface area contributed by atoms with Gasteiger partial charge in [0.15, 0.2) is 0 Å². The number of hydrogen-bond acceptors (Lipinski definition) is 2. The summed E-state index contributed by atoms with van der Waals surface area (Å²) in [6.45, 7) is 13.2. The number of rotatable bonds is 4. The third-order valence-corrected chi connectivity index (χ3v) is 3.59. The Bertz CT molecular complexity index is 409. The fourth-order valence-electron chi connectivity index (χ4n) is 2.29. The number of ether oxygens (including phenoxy) is 1. The van der Waals surface area contributed by atoms with Gasteiger partial charge in [0.05, 0.1) is 6.04 Å². The first-order chi connectivity index (χ1) is 9.28. The highest BCUT2D eigenvalue weighted by atomic mass is 79.9. The Morgan fingerprint density at radius 1 is 1.45 bits per heavy atom. The molecule has 0 aromatic rings. The van der Waals surface area contributed by atoms with Gasteiger partial charge in [0.25, 0.3) is 0 Å². The molecule has 2 unspecified atom stereocenters. The maximum Gasteiger partial charge on any atom is 0.411 e. The molecule has 1 heterocycles. The van der Waals surface area contributed by atoms with Crippen LogP contribution >= 0.6 is 15.9 Å². The molecule has 3 nitrogen and oxygen atoms in total. The van der Waals surface area contributed by atoms with Gasteiger partial charge in [0, 0.05) is 6.04 Å². The molecule has 4 heteroatoms. The molecule has 1 aliphatic heterocycles. The summed E-state index contributed by atoms with van der Waals surface area (Å²) in [6.07, 6.45) is 7.71. The average Bonchev–Trinajstić information content (AvgIpc) is 2.26. The van der Waals surface area contributed by atoms with Gasteiger partial charge in [0.1, 0.15) is 5.60 Å². The summed E-state index contributed by atoms with van der Waals surface area (Å²) in [6, 6.07) is 0.0575. The Balaban J connectivity index is 3.01. The number of amides is 1. The van der Waals surface area contributed by atoms with Crippen LogP contribution in [0.5, 0.6) is 0 Å². The van der Waals surface area contributed by atoms with Crippen molar-refractivity contribution in [3.05, 3.63) is 35.9 Å². The Kier molecular flexibility index (Phi) is 6.06. The lowest BCUT2D eigenvalue weighted by Crippen LogP contribution is -2.50. The Labute approximate surface area is 130 Å². The van der Waals surface area contributed by atoms with E-state index < -0.39 is 5.60 Å². The zero-order chi connectivity index (χ0) is 15.3. The lowest BCUT2D eigenvalue weighted by Gasteiger charge is -2.40. The van der Waals surface area contributed by atoms with Crippen molar-refractivity contribution in [2.45, 2.75) is 57.7 Å². The molecule has 0 spiro atoms. The fourth-order valence-corrected chi connectivity index (χ4v) is 2.97. The first-order valence-electron chi connectivity index (χ1n) is 6.87. The van der Waals surface area contributed by atoms with Crippen molar-refractivity contribution in [3.63, 3.8) is 0 Å². The quantitative estimate of drug-likeness (QED) is 0.687. The van der Waals surface area contributed by atoms with E-state index in [9.17, 15) is 4.79 Å². The SMILES string of the molecule is C=CCC1C=C(Br)CC(CC=C)N1C(=O)OC(C)(C)C. The van der Waals surface area contributed by atoms with E-state index in [0.717, 1.165) is 17.3 Å². The number of carbonyl (C=O) groups is 1. The van der Waals surface area contributed by atoms with Crippen molar-refractivity contribution in [2.24, 2.45) is 0 Å². The Hall–Kier alpha value is -1.03. The minimum Gasteiger partial charge on any atom is -0.444 e. The van der Waals surface area contributed by atoms with Crippen LogP contribution in [0.2, 0.25) is 0 Å². The van der Waals surface area contributed by atoms with Gasteiger partial charge in [-0.1, -0.05) is 34.2 Å². The predicted molar refractivity (Wildman–Crippen MR) is 86.9 cm³/mol. The lowest BCUT2D eigenvalue weighted by atomic mass is 9.98. The number of halogens is 1. The molecule has 0 aromatic heterocycles. The summed E-state index contributed by atoms with van der Waals surface area (Å²) in [5.41, 5.74) is -0.493. The number of carbonyl (C=O) groups excluding carboxylic acids is 1. The lowest BCUT2D eigenvalue weighted by molar-refractivity contribution is 0.00855. The molecular formula is C16H24BrNO2. The van der Waals surface area contributed by atoms with E-state index in [1.165, 1.54) is 0 Å². The normalized spacial score (nSPS) is 23.0. The monoisotopic (exact) mass is 341 g/mol. The minimum absolute atomic E-state index is 0.0181. The third kappa shape index (κ3) is 4.82. The molecule has 0 aromatic carbocycles. The van der Waals surface area contributed by atoms with Gasteiger partial charge in [-0.25, -0.2) is 4.79 Å². The van der Waals surface area contributed by atoms with Crippen molar-refractivity contribution >= 4 is 22.0 Å². The van der Waals surface area contributed by atoms with Crippen LogP contribution in [0.1, 0.15) is 40.0 Å². The maximum absolute atomic E-state index is 12.5. The average molecular weight is 342 g/mol. The Morgan fingerprint density at radius 2 is 2.05 bits per heavy atom. The van der Waals surface area contributed by atoms with Crippen molar-refractivity contribution in [2.75, 3.05) is 0 Å². The van der Waals surface area contributed by atoms with E-state index >= 15 is 0 Å². The second-order valence-corrected chi connectivity index (χ2v) is 6.99. The first-order valence-corrected chi connectivity index (χ1v) is 7.67. The predicted octanol–water partition coefficient (Wildman–Crippen LogP) is 4.80. The van der Waals surface area contributed by atoms with E-state index in [4.69, 9.17) is 4.74 Å². The summed E-state index contributed by atoms with van der Waals surface area (Å²) in [7, 11) is 0. The van der Waals surface area contributed by atoms with Crippen molar-refractivity contribution in [1.82, 2.24) is 4.90 Å². The molecular weight excluding hydrogens is 318 g/mol. The summed E-state index contributed by atoms with van der Waals surface area (Å²) >= 11 is 3.56. The number of nitrogens with zero attached hydrogens (tertiary/aromatic N) is 1. The standard InChI is InChI=1S/C16H24BrNO2/c1-6-8-13-10-12(17)11-14(9-7-2)18(13)15(19)20-16(3,4)5/h6-7,10,13-14H,1-2,8-9,11H2,3-5H3. The second-order valence-electron chi connectivity index (χ2n) is 5.98. The van der Waals surface area contributed by atoms with Gasteiger partial charge in [-0.05, 0) is 44.5 Å². The van der Waals surface area contributed by atoms with Crippen LogP contribution in [0, 0.1) is 0 Å². The van der Waals surface area contributed by atoms with Gasteiger partial charge < -0.3 is 4.74 Å². The highest BCUT2D eigenvalue weighted by Crippen LogP contribution is 2.31. The largest absolute Gasteiger partial charge is 0.444 e. The molecule has 2 atom stereocenters. The van der Waals surface area contributed by atoms with Gasteiger partial charge in [-0.3, -0.25) is 4.90 Å². The molecule has 0 N–H and O–H groups in total. The molecule has 1 amide bonds. The topological polar surface area (TPSA) is 29.5 Å². The summed E-state index contributed by atoms with van der Waals surface area (Å²) in [5.74, 6) is 0. The van der Waals surface area contributed by atoms with Crippen molar-refractivity contribution in [1.29, 1.82) is 0 Å². The van der Waals surface area contributed by atoms with Gasteiger partial charge in [0.2, 0.25) is 0 Å². The highest BCUT2D eigenvalue weighted by molar-refractivity contribution is 9.11. The fraction of sp³-hybridized carbons (Fsp3) is 0.562. The highest BCUT2D eigenvalue weighted by Gasteiger charge is 2.35. The maximum atomic E-state index is 12.5. The zero-order valence-electron chi connectivity index (χ0n) is 12.6. The molecule has 0 saturated heterocycles. The van der Waals surface area contributed by atoms with Gasteiger partial charge >= 0.3 is 6.09 Å². The smallest absolute Gasteiger partial charge is 0.411 e. The van der Waals surface area contributed by atoms with Crippen LogP contribution < -0.4 is 0 Å². The third-order valence-electron chi connectivity index (χ3n) is 3.01. The summed E-state index contributed by atoms with van der Waals surface area (Å²) in [4.78, 5) is 14.3. The molecule has 0 fully saturated rings. The van der Waals surface area contributed by atoms with E-state index in [1.807, 2.05) is 37.8 Å². The van der Waals surface area contributed by atoms with E-state index in [2.05, 4.69) is 35.2 Å². The zero-order valence-corrected chi connectivity index (χ0v) is 14.1. The van der Waals surface area contributed by atoms with Crippen molar-refractivity contribution in [3.8, 4) is 0 Å². The van der Waals surface area contributed by atoms with Gasteiger partial charge in [-0.2, -0.15) is 0 Å². The molecule has 0 bridgehead atoms. The molecule has 20 heavy (non-hydrogen) atoms. The molecule has 0 saturated carbocycles. The molecule has 1 rings (SSSR count). The first kappa shape index (κ1) is 17.0. The Morgan fingerprint density at radius 3 is 2.55 bits per heavy atom. The molecule has 0 aliphatic carbocycles. The van der Waals surface area contributed by atoms with Crippen LogP contribution in [0.4, 0.5) is 4.79 Å². The molecule has 1 aliphatic rings.